The third-order valence-electron chi connectivity index (χ3n) is 4.46. The molecule has 1 aromatic carbocycles. The predicted molar refractivity (Wildman–Crippen MR) is 104 cm³/mol. The van der Waals surface area contributed by atoms with Crippen LogP contribution in [0.1, 0.15) is 50.6 Å². The first-order valence-electron chi connectivity index (χ1n) is 8.87. The molecule has 0 radical (unpaired) electrons. The first-order valence-corrected chi connectivity index (χ1v) is 8.87. The number of fused-ring (bicyclic) bond motifs is 1. The minimum atomic E-state index is -0.803. The summed E-state index contributed by atoms with van der Waals surface area (Å²) in [4.78, 5) is 45.6. The number of carbonyl (C=O) groups is 3. The normalized spacial score (nSPS) is 14.0. The summed E-state index contributed by atoms with van der Waals surface area (Å²) in [6, 6.07) is 4.10. The molecule has 3 rings (SSSR count). The van der Waals surface area contributed by atoms with Crippen LogP contribution in [0.5, 0.6) is 0 Å². The second-order valence-electron chi connectivity index (χ2n) is 6.45. The summed E-state index contributed by atoms with van der Waals surface area (Å²) >= 11 is 0. The number of furan rings is 1. The number of carbonyl (C=O) groups excluding carboxylic acids is 3. The van der Waals surface area contributed by atoms with Gasteiger partial charge in [-0.2, -0.15) is 5.10 Å². The molecule has 1 aromatic heterocycles. The summed E-state index contributed by atoms with van der Waals surface area (Å²) < 4.78 is 5.65. The molecule has 1 heterocycles. The predicted octanol–water partition coefficient (Wildman–Crippen LogP) is 1.28. The maximum atomic E-state index is 12.5. The molecule has 12 nitrogen and oxygen atoms in total. The highest BCUT2D eigenvalue weighted by molar-refractivity contribution is 6.07. The van der Waals surface area contributed by atoms with Crippen molar-refractivity contribution in [3.8, 4) is 0 Å². The van der Waals surface area contributed by atoms with Crippen LogP contribution < -0.4 is 22.0 Å². The van der Waals surface area contributed by atoms with E-state index in [4.69, 9.17) is 10.2 Å². The third kappa shape index (κ3) is 4.27. The van der Waals surface area contributed by atoms with Crippen molar-refractivity contribution in [3.05, 3.63) is 62.6 Å². The van der Waals surface area contributed by atoms with Crippen LogP contribution in [0.2, 0.25) is 0 Å². The molecule has 0 aliphatic heterocycles. The van der Waals surface area contributed by atoms with E-state index in [-0.39, 0.29) is 17.0 Å². The second kappa shape index (κ2) is 8.43. The van der Waals surface area contributed by atoms with E-state index in [1.807, 2.05) is 0 Å². The van der Waals surface area contributed by atoms with Crippen molar-refractivity contribution in [1.29, 1.82) is 0 Å². The van der Waals surface area contributed by atoms with Crippen molar-refractivity contribution in [3.63, 3.8) is 0 Å². The topological polar surface area (TPSA) is 182 Å². The van der Waals surface area contributed by atoms with Crippen molar-refractivity contribution in [2.24, 2.45) is 10.8 Å². The highest BCUT2D eigenvalue weighted by atomic mass is 16.6. The third-order valence-corrected chi connectivity index (χ3v) is 4.46. The van der Waals surface area contributed by atoms with E-state index in [0.29, 0.717) is 35.4 Å². The molecule has 2 aromatic rings. The lowest BCUT2D eigenvalue weighted by molar-refractivity contribution is -0.384. The van der Waals surface area contributed by atoms with E-state index in [2.05, 4.69) is 21.4 Å². The number of nitro benzene ring substituents is 1. The van der Waals surface area contributed by atoms with Gasteiger partial charge in [-0.25, -0.2) is 10.2 Å². The highest BCUT2D eigenvalue weighted by Gasteiger charge is 2.28. The highest BCUT2D eigenvalue weighted by Crippen LogP contribution is 2.29. The molecule has 0 atom stereocenters. The first kappa shape index (κ1) is 20.5. The average Bonchev–Trinajstić information content (AvgIpc) is 3.07. The quantitative estimate of drug-likeness (QED) is 0.431. The zero-order valence-corrected chi connectivity index (χ0v) is 15.9. The fourth-order valence-electron chi connectivity index (χ4n) is 3.10. The van der Waals surface area contributed by atoms with Crippen molar-refractivity contribution in [1.82, 2.24) is 16.3 Å². The van der Waals surface area contributed by atoms with Crippen LogP contribution >= 0.6 is 0 Å². The van der Waals surface area contributed by atoms with E-state index in [1.54, 1.807) is 6.92 Å². The zero-order valence-electron chi connectivity index (χ0n) is 15.9. The van der Waals surface area contributed by atoms with Crippen LogP contribution in [0.4, 0.5) is 10.5 Å². The maximum absolute atomic E-state index is 12.5. The molecule has 0 bridgehead atoms. The number of rotatable bonds is 4. The number of urea groups is 1. The molecule has 1 aliphatic carbocycles. The van der Waals surface area contributed by atoms with Gasteiger partial charge in [-0.05, 0) is 31.9 Å². The Kier molecular flexibility index (Phi) is 5.76. The number of aryl methyl sites for hydroxylation is 1. The fourth-order valence-corrected chi connectivity index (χ4v) is 3.10. The van der Waals surface area contributed by atoms with Crippen LogP contribution in [0.25, 0.3) is 0 Å². The number of nitrogens with zero attached hydrogens (tertiary/aromatic N) is 2. The second-order valence-corrected chi connectivity index (χ2v) is 6.45. The number of primary amides is 1. The Morgan fingerprint density at radius 3 is 2.43 bits per heavy atom. The lowest BCUT2D eigenvalue weighted by atomic mass is 9.93. The molecular formula is C18H18N6O6. The van der Waals surface area contributed by atoms with E-state index >= 15 is 0 Å². The summed E-state index contributed by atoms with van der Waals surface area (Å²) in [5, 5.41) is 14.6. The Hall–Kier alpha value is -4.22. The van der Waals surface area contributed by atoms with Gasteiger partial charge in [0, 0.05) is 35.2 Å². The minimum Gasteiger partial charge on any atom is -0.455 e. The largest absolute Gasteiger partial charge is 0.455 e. The molecule has 12 heteroatoms. The summed E-state index contributed by atoms with van der Waals surface area (Å²) in [7, 11) is 0. The van der Waals surface area contributed by atoms with Crippen LogP contribution in [0.15, 0.2) is 33.8 Å². The van der Waals surface area contributed by atoms with Gasteiger partial charge < -0.3 is 10.2 Å². The lowest BCUT2D eigenvalue weighted by Crippen LogP contribution is -2.41. The van der Waals surface area contributed by atoms with E-state index in [1.165, 1.54) is 24.3 Å². The van der Waals surface area contributed by atoms with Gasteiger partial charge in [-0.15, -0.1) is 0 Å². The Morgan fingerprint density at radius 2 is 1.80 bits per heavy atom. The SMILES string of the molecule is Cc1c(C(=O)NNC(=O)c2ccc([N+](=O)[O-])cc2)oc2c1/C(=N/NC(N)=O)CCC2. The van der Waals surface area contributed by atoms with Gasteiger partial charge in [0.25, 0.3) is 11.6 Å². The molecule has 1 aliphatic rings. The fraction of sp³-hybridized carbons (Fsp3) is 0.222. The van der Waals surface area contributed by atoms with Crippen molar-refractivity contribution in [2.45, 2.75) is 26.2 Å². The standard InChI is InChI=1S/C18H18N6O6/c1-9-14-12(20-23-18(19)27)3-2-4-13(14)30-15(9)17(26)22-21-16(25)10-5-7-11(8-6-10)24(28)29/h5-8H,2-4H2,1H3,(H,21,25)(H,22,26)(H3,19,23,27)/b20-12+. The van der Waals surface area contributed by atoms with E-state index < -0.39 is 22.8 Å². The number of amides is 4. The summed E-state index contributed by atoms with van der Waals surface area (Å²) in [6.07, 6.45) is 1.89. The molecule has 0 saturated heterocycles. The number of nitrogens with two attached hydrogens (primary N) is 1. The minimum absolute atomic E-state index is 0.00215. The number of hydrogen-bond donors (Lipinski definition) is 4. The molecular weight excluding hydrogens is 396 g/mol. The molecule has 0 saturated carbocycles. The number of hydrazine groups is 1. The van der Waals surface area contributed by atoms with Gasteiger partial charge in [-0.3, -0.25) is 30.6 Å². The van der Waals surface area contributed by atoms with Crippen molar-refractivity contribution < 1.29 is 23.7 Å². The van der Waals surface area contributed by atoms with Gasteiger partial charge in [-0.1, -0.05) is 0 Å². The number of hydrazone groups is 1. The molecule has 4 amide bonds. The van der Waals surface area contributed by atoms with Gasteiger partial charge in [0.2, 0.25) is 0 Å². The molecule has 30 heavy (non-hydrogen) atoms. The van der Waals surface area contributed by atoms with Gasteiger partial charge in [0.05, 0.1) is 10.6 Å². The Balaban J connectivity index is 1.72. The van der Waals surface area contributed by atoms with E-state index in [0.717, 1.165) is 6.42 Å². The number of nitrogens with one attached hydrogen (secondary N) is 3. The molecule has 5 N–H and O–H groups in total. The van der Waals surface area contributed by atoms with Crippen LogP contribution in [0, 0.1) is 17.0 Å². The molecule has 0 spiro atoms. The van der Waals surface area contributed by atoms with Gasteiger partial charge in [0.1, 0.15) is 5.76 Å². The monoisotopic (exact) mass is 414 g/mol. The maximum Gasteiger partial charge on any atom is 0.332 e. The molecule has 0 unspecified atom stereocenters. The van der Waals surface area contributed by atoms with E-state index in [9.17, 15) is 24.5 Å². The van der Waals surface area contributed by atoms with Crippen LogP contribution in [0.3, 0.4) is 0 Å². The number of non-ortho nitro benzene ring substituents is 1. The van der Waals surface area contributed by atoms with Crippen molar-refractivity contribution in [2.75, 3.05) is 0 Å². The first-order chi connectivity index (χ1) is 14.3. The van der Waals surface area contributed by atoms with Gasteiger partial charge >= 0.3 is 11.9 Å². The smallest absolute Gasteiger partial charge is 0.332 e. The van der Waals surface area contributed by atoms with Crippen LogP contribution in [-0.4, -0.2) is 28.5 Å². The Morgan fingerprint density at radius 1 is 1.13 bits per heavy atom. The lowest BCUT2D eigenvalue weighted by Gasteiger charge is -2.13. The Bertz CT molecular complexity index is 1060. The molecule has 156 valence electrons. The Labute approximate surface area is 169 Å². The van der Waals surface area contributed by atoms with Gasteiger partial charge in [0.15, 0.2) is 5.76 Å². The van der Waals surface area contributed by atoms with Crippen molar-refractivity contribution >= 4 is 29.2 Å². The van der Waals surface area contributed by atoms with Crippen LogP contribution in [-0.2, 0) is 6.42 Å². The number of benzene rings is 1. The zero-order chi connectivity index (χ0) is 21.8. The number of nitro groups is 1. The molecule has 0 fully saturated rings. The summed E-state index contributed by atoms with van der Waals surface area (Å²) in [6.45, 7) is 1.67. The average molecular weight is 414 g/mol. The summed E-state index contributed by atoms with van der Waals surface area (Å²) in [5.74, 6) is -0.784. The summed E-state index contributed by atoms with van der Waals surface area (Å²) in [5.41, 5.74) is 13.4. The number of hydrogen-bond acceptors (Lipinski definition) is 7.